The van der Waals surface area contributed by atoms with Crippen LogP contribution in [0.5, 0.6) is 0 Å². The fourth-order valence-corrected chi connectivity index (χ4v) is 3.73. The largest absolute Gasteiger partial charge is 0.410 e. The number of carbonyl (C=O) groups excluding carboxylic acids is 1. The second-order valence-electron chi connectivity index (χ2n) is 8.14. The average molecular weight is 363 g/mol. The third-order valence-corrected chi connectivity index (χ3v) is 10.9. The predicted molar refractivity (Wildman–Crippen MR) is 100.0 cm³/mol. The van der Waals surface area contributed by atoms with Gasteiger partial charge in [0, 0.05) is 12.2 Å². The van der Waals surface area contributed by atoms with Crippen LogP contribution in [0.4, 0.5) is 0 Å². The molecule has 0 aliphatic carbocycles. The van der Waals surface area contributed by atoms with Crippen molar-refractivity contribution in [3.05, 3.63) is 11.6 Å². The Labute approximate surface area is 143 Å². The standard InChI is InChI=1S/C17H34O4SSi/c1-12(11-13(2)22(8,19)20)16(14(3)15(4)18)21-23(9,10)17(5,6)7/h11,13-14,16H,1-10H3/b12-11+/t13-,14?,16+/m1/s1. The third-order valence-electron chi connectivity index (χ3n) is 4.94. The molecule has 23 heavy (non-hydrogen) atoms. The fraction of sp³-hybridized carbons (Fsp3) is 0.824. The van der Waals surface area contributed by atoms with Crippen molar-refractivity contribution >= 4 is 23.9 Å². The lowest BCUT2D eigenvalue weighted by molar-refractivity contribution is -0.122. The summed E-state index contributed by atoms with van der Waals surface area (Å²) in [6, 6.07) is 0. The van der Waals surface area contributed by atoms with Gasteiger partial charge in [-0.3, -0.25) is 4.79 Å². The van der Waals surface area contributed by atoms with E-state index in [4.69, 9.17) is 4.43 Å². The van der Waals surface area contributed by atoms with Gasteiger partial charge < -0.3 is 4.43 Å². The van der Waals surface area contributed by atoms with Crippen LogP contribution in [0.1, 0.15) is 48.5 Å². The van der Waals surface area contributed by atoms with E-state index < -0.39 is 23.4 Å². The molecule has 0 amide bonds. The molecule has 0 fully saturated rings. The topological polar surface area (TPSA) is 60.4 Å². The van der Waals surface area contributed by atoms with Gasteiger partial charge in [-0.15, -0.1) is 0 Å². The average Bonchev–Trinajstić information content (AvgIpc) is 2.32. The Morgan fingerprint density at radius 2 is 1.57 bits per heavy atom. The van der Waals surface area contributed by atoms with Gasteiger partial charge in [0.2, 0.25) is 0 Å². The molecule has 0 N–H and O–H groups in total. The molecule has 0 rings (SSSR count). The second-order valence-corrected chi connectivity index (χ2v) is 15.3. The second kappa shape index (κ2) is 7.62. The van der Waals surface area contributed by atoms with Crippen LogP contribution in [0.2, 0.25) is 18.1 Å². The minimum absolute atomic E-state index is 0.0183. The summed E-state index contributed by atoms with van der Waals surface area (Å²) >= 11 is 0. The van der Waals surface area contributed by atoms with Crippen LogP contribution in [0.15, 0.2) is 11.6 Å². The quantitative estimate of drug-likeness (QED) is 0.508. The van der Waals surface area contributed by atoms with Crippen molar-refractivity contribution in [2.75, 3.05) is 6.26 Å². The predicted octanol–water partition coefficient (Wildman–Crippen LogP) is 3.98. The first-order valence-corrected chi connectivity index (χ1v) is 12.9. The summed E-state index contributed by atoms with van der Waals surface area (Å²) in [6.07, 6.45) is 2.56. The molecule has 0 bridgehead atoms. The van der Waals surface area contributed by atoms with Gasteiger partial charge in [0.25, 0.3) is 0 Å². The fourth-order valence-electron chi connectivity index (χ4n) is 1.89. The van der Waals surface area contributed by atoms with Crippen LogP contribution in [0.3, 0.4) is 0 Å². The smallest absolute Gasteiger partial charge is 0.192 e. The lowest BCUT2D eigenvalue weighted by Gasteiger charge is -2.41. The van der Waals surface area contributed by atoms with Gasteiger partial charge in [0.15, 0.2) is 18.2 Å². The van der Waals surface area contributed by atoms with Crippen LogP contribution < -0.4 is 0 Å². The Balaban J connectivity index is 5.74. The summed E-state index contributed by atoms with van der Waals surface area (Å²) < 4.78 is 29.8. The molecule has 0 spiro atoms. The molecule has 0 saturated carbocycles. The number of ketones is 1. The van der Waals surface area contributed by atoms with E-state index in [9.17, 15) is 13.2 Å². The van der Waals surface area contributed by atoms with Gasteiger partial charge in [-0.25, -0.2) is 8.42 Å². The summed E-state index contributed by atoms with van der Waals surface area (Å²) in [4.78, 5) is 11.9. The first-order valence-electron chi connectivity index (χ1n) is 8.06. The molecule has 6 heteroatoms. The van der Waals surface area contributed by atoms with Crippen LogP contribution in [-0.2, 0) is 19.1 Å². The zero-order chi connectivity index (χ0) is 18.8. The molecule has 1 unspecified atom stereocenters. The number of carbonyl (C=O) groups is 1. The van der Waals surface area contributed by atoms with E-state index in [1.165, 1.54) is 6.26 Å². The molecule has 0 heterocycles. The number of hydrogen-bond donors (Lipinski definition) is 0. The molecule has 0 aromatic rings. The molecule has 0 aliphatic heterocycles. The van der Waals surface area contributed by atoms with E-state index in [-0.39, 0.29) is 22.8 Å². The van der Waals surface area contributed by atoms with Crippen molar-refractivity contribution in [1.29, 1.82) is 0 Å². The molecule has 0 saturated heterocycles. The van der Waals surface area contributed by atoms with E-state index in [0.29, 0.717) is 0 Å². The summed E-state index contributed by atoms with van der Waals surface area (Å²) in [5.41, 5.74) is 0.815. The molecular weight excluding hydrogens is 328 g/mol. The van der Waals surface area contributed by atoms with Gasteiger partial charge in [0.05, 0.1) is 11.4 Å². The molecule has 0 aromatic heterocycles. The minimum Gasteiger partial charge on any atom is -0.410 e. The summed E-state index contributed by atoms with van der Waals surface area (Å²) in [5, 5.41) is -0.572. The maximum absolute atomic E-state index is 11.9. The van der Waals surface area contributed by atoms with Crippen LogP contribution in [0.25, 0.3) is 0 Å². The van der Waals surface area contributed by atoms with Gasteiger partial charge in [-0.2, -0.15) is 0 Å². The number of Topliss-reactive ketones (excluding diaryl/α,β-unsaturated/α-hetero) is 1. The molecule has 0 radical (unpaired) electrons. The maximum Gasteiger partial charge on any atom is 0.192 e. The normalized spacial score (nSPS) is 18.4. The molecule has 0 aliphatic rings. The molecular formula is C17H34O4SSi. The Morgan fingerprint density at radius 3 is 1.87 bits per heavy atom. The van der Waals surface area contributed by atoms with Crippen molar-refractivity contribution in [3.63, 3.8) is 0 Å². The minimum atomic E-state index is -3.15. The van der Waals surface area contributed by atoms with E-state index in [1.54, 1.807) is 19.9 Å². The van der Waals surface area contributed by atoms with E-state index in [1.807, 2.05) is 13.8 Å². The molecule has 136 valence electrons. The summed E-state index contributed by atoms with van der Waals surface area (Å²) in [5.74, 6) is -0.249. The lowest BCUT2D eigenvalue weighted by Crippen LogP contribution is -2.46. The highest BCUT2D eigenvalue weighted by Gasteiger charge is 2.41. The first kappa shape index (κ1) is 22.5. The third kappa shape index (κ3) is 6.51. The number of hydrogen-bond acceptors (Lipinski definition) is 4. The van der Waals surface area contributed by atoms with Crippen LogP contribution in [-0.4, -0.2) is 40.1 Å². The highest BCUT2D eigenvalue weighted by Crippen LogP contribution is 2.39. The van der Waals surface area contributed by atoms with Crippen molar-refractivity contribution in [2.45, 2.75) is 78.0 Å². The van der Waals surface area contributed by atoms with Gasteiger partial charge in [0.1, 0.15) is 5.78 Å². The zero-order valence-corrected chi connectivity index (χ0v) is 18.2. The van der Waals surface area contributed by atoms with Crippen molar-refractivity contribution < 1.29 is 17.6 Å². The van der Waals surface area contributed by atoms with Crippen molar-refractivity contribution in [2.24, 2.45) is 5.92 Å². The number of sulfone groups is 1. The molecule has 4 nitrogen and oxygen atoms in total. The Bertz CT molecular complexity index is 556. The van der Waals surface area contributed by atoms with E-state index in [2.05, 4.69) is 33.9 Å². The first-order chi connectivity index (χ1) is 10.0. The Kier molecular flexibility index (Phi) is 7.46. The maximum atomic E-state index is 11.9. The molecule has 3 atom stereocenters. The van der Waals surface area contributed by atoms with E-state index in [0.717, 1.165) is 5.57 Å². The summed E-state index contributed by atoms with van der Waals surface area (Å²) in [6.45, 7) is 17.6. The van der Waals surface area contributed by atoms with E-state index >= 15 is 0 Å². The van der Waals surface area contributed by atoms with Gasteiger partial charge in [-0.1, -0.05) is 33.8 Å². The number of rotatable bonds is 7. The van der Waals surface area contributed by atoms with Crippen molar-refractivity contribution in [1.82, 2.24) is 0 Å². The monoisotopic (exact) mass is 362 g/mol. The molecule has 0 aromatic carbocycles. The zero-order valence-electron chi connectivity index (χ0n) is 16.4. The SMILES string of the molecule is CC(=O)C(C)[C@@H](O[Si](C)(C)C(C)(C)C)/C(C)=C/[C@@H](C)S(C)(=O)=O. The highest BCUT2D eigenvalue weighted by atomic mass is 32.2. The Hall–Kier alpha value is -0.463. The summed E-state index contributed by atoms with van der Waals surface area (Å²) in [7, 11) is -5.23. The lowest BCUT2D eigenvalue weighted by atomic mass is 9.94. The highest BCUT2D eigenvalue weighted by molar-refractivity contribution is 7.91. The van der Waals surface area contributed by atoms with Crippen LogP contribution >= 0.6 is 0 Å². The van der Waals surface area contributed by atoms with Gasteiger partial charge >= 0.3 is 0 Å². The van der Waals surface area contributed by atoms with Crippen molar-refractivity contribution in [3.8, 4) is 0 Å². The van der Waals surface area contributed by atoms with Gasteiger partial charge in [-0.05, 0) is 44.5 Å². The Morgan fingerprint density at radius 1 is 1.13 bits per heavy atom. The van der Waals surface area contributed by atoms with Crippen LogP contribution in [0, 0.1) is 5.92 Å².